The van der Waals surface area contributed by atoms with Crippen molar-refractivity contribution < 1.29 is 19.4 Å². The van der Waals surface area contributed by atoms with Gasteiger partial charge >= 0.3 is 11.9 Å². The van der Waals surface area contributed by atoms with E-state index in [-0.39, 0.29) is 18.5 Å². The summed E-state index contributed by atoms with van der Waals surface area (Å²) in [6, 6.07) is 13.8. The molecule has 0 saturated heterocycles. The highest BCUT2D eigenvalue weighted by Crippen LogP contribution is 2.22. The maximum Gasteiger partial charge on any atom is 0.338 e. The molecular weight excluding hydrogens is 306 g/mol. The fourth-order valence-corrected chi connectivity index (χ4v) is 2.28. The fourth-order valence-electron chi connectivity index (χ4n) is 2.28. The normalized spacial score (nSPS) is 12.0. The van der Waals surface area contributed by atoms with Gasteiger partial charge in [-0.3, -0.25) is 4.79 Å². The van der Waals surface area contributed by atoms with Crippen molar-refractivity contribution in [2.24, 2.45) is 5.73 Å². The molecular formula is C19H21NO4. The number of hydrogen-bond donors (Lipinski definition) is 2. The Morgan fingerprint density at radius 2 is 1.75 bits per heavy atom. The third-order valence-corrected chi connectivity index (χ3v) is 3.50. The number of hydrogen-bond acceptors (Lipinski definition) is 4. The van der Waals surface area contributed by atoms with Crippen LogP contribution in [0.1, 0.15) is 29.8 Å². The van der Waals surface area contributed by atoms with Crippen LogP contribution in [0.25, 0.3) is 11.1 Å². The van der Waals surface area contributed by atoms with Gasteiger partial charge < -0.3 is 15.6 Å². The zero-order chi connectivity index (χ0) is 17.7. The number of carboxylic acids is 1. The summed E-state index contributed by atoms with van der Waals surface area (Å²) in [4.78, 5) is 22.8. The molecule has 5 nitrogen and oxygen atoms in total. The molecule has 0 aliphatic carbocycles. The molecule has 24 heavy (non-hydrogen) atoms. The van der Waals surface area contributed by atoms with Crippen molar-refractivity contribution in [2.45, 2.75) is 32.4 Å². The highest BCUT2D eigenvalue weighted by molar-refractivity contribution is 5.91. The van der Waals surface area contributed by atoms with Crippen LogP contribution in [0.15, 0.2) is 48.5 Å². The molecule has 2 aromatic rings. The van der Waals surface area contributed by atoms with Crippen molar-refractivity contribution >= 4 is 11.9 Å². The minimum atomic E-state index is -1.02. The van der Waals surface area contributed by atoms with Crippen LogP contribution in [0.3, 0.4) is 0 Å². The van der Waals surface area contributed by atoms with E-state index in [2.05, 4.69) is 0 Å². The summed E-state index contributed by atoms with van der Waals surface area (Å²) in [5.74, 6) is -1.37. The van der Waals surface area contributed by atoms with Gasteiger partial charge in [-0.15, -0.1) is 0 Å². The number of ether oxygens (including phenoxy) is 1. The topological polar surface area (TPSA) is 89.6 Å². The number of aliphatic carboxylic acids is 1. The highest BCUT2D eigenvalue weighted by atomic mass is 16.5. The molecule has 1 unspecified atom stereocenters. The number of esters is 1. The first kappa shape index (κ1) is 17.7. The molecule has 2 aromatic carbocycles. The van der Waals surface area contributed by atoms with E-state index in [9.17, 15) is 9.59 Å². The van der Waals surface area contributed by atoms with Gasteiger partial charge in [0.15, 0.2) is 0 Å². The second kappa shape index (κ2) is 7.75. The number of benzene rings is 2. The second-order valence-electron chi connectivity index (χ2n) is 5.88. The van der Waals surface area contributed by atoms with Crippen LogP contribution in [0.4, 0.5) is 0 Å². The molecule has 1 atom stereocenters. The smallest absolute Gasteiger partial charge is 0.338 e. The zero-order valence-corrected chi connectivity index (χ0v) is 13.7. The number of carbonyl (C=O) groups is 2. The molecule has 0 aliphatic rings. The second-order valence-corrected chi connectivity index (χ2v) is 5.88. The van der Waals surface area contributed by atoms with E-state index in [1.54, 1.807) is 18.2 Å². The third-order valence-electron chi connectivity index (χ3n) is 3.50. The van der Waals surface area contributed by atoms with E-state index in [1.807, 2.05) is 44.2 Å². The third kappa shape index (κ3) is 4.67. The minimum Gasteiger partial charge on any atom is -0.480 e. The van der Waals surface area contributed by atoms with Crippen LogP contribution >= 0.6 is 0 Å². The Morgan fingerprint density at radius 3 is 2.33 bits per heavy atom. The van der Waals surface area contributed by atoms with Crippen LogP contribution in [-0.2, 0) is 16.0 Å². The number of nitrogens with two attached hydrogens (primary N) is 1. The van der Waals surface area contributed by atoms with Gasteiger partial charge in [0.2, 0.25) is 0 Å². The van der Waals surface area contributed by atoms with Crippen molar-refractivity contribution in [3.63, 3.8) is 0 Å². The average Bonchev–Trinajstić information content (AvgIpc) is 2.55. The van der Waals surface area contributed by atoms with Crippen LogP contribution in [0, 0.1) is 0 Å². The maximum absolute atomic E-state index is 12.0. The SMILES string of the molecule is CC(C)OC(=O)c1cccc(-c2ccc(CC(N)C(=O)O)cc2)c1. The van der Waals surface area contributed by atoms with Gasteiger partial charge in [0.05, 0.1) is 11.7 Å². The largest absolute Gasteiger partial charge is 0.480 e. The first-order valence-corrected chi connectivity index (χ1v) is 7.75. The molecule has 0 aromatic heterocycles. The zero-order valence-electron chi connectivity index (χ0n) is 13.7. The summed E-state index contributed by atoms with van der Waals surface area (Å²) in [6.07, 6.45) is 0.106. The van der Waals surface area contributed by atoms with Gasteiger partial charge in [-0.05, 0) is 49.1 Å². The Morgan fingerprint density at radius 1 is 1.08 bits per heavy atom. The van der Waals surface area contributed by atoms with Crippen LogP contribution < -0.4 is 5.73 Å². The molecule has 0 fully saturated rings. The lowest BCUT2D eigenvalue weighted by Gasteiger charge is -2.10. The lowest BCUT2D eigenvalue weighted by atomic mass is 9.99. The molecule has 5 heteroatoms. The molecule has 3 N–H and O–H groups in total. The summed E-state index contributed by atoms with van der Waals surface area (Å²) in [6.45, 7) is 3.62. The standard InChI is InChI=1S/C19H21NO4/c1-12(2)24-19(23)16-5-3-4-15(11-16)14-8-6-13(7-9-14)10-17(20)18(21)22/h3-9,11-12,17H,10,20H2,1-2H3,(H,21,22). The minimum absolute atomic E-state index is 0.168. The van der Waals surface area contributed by atoms with Crippen molar-refractivity contribution in [2.75, 3.05) is 0 Å². The van der Waals surface area contributed by atoms with Gasteiger partial charge in [0, 0.05) is 0 Å². The number of carbonyl (C=O) groups excluding carboxylic acids is 1. The van der Waals surface area contributed by atoms with Gasteiger partial charge in [0.25, 0.3) is 0 Å². The van der Waals surface area contributed by atoms with E-state index in [1.165, 1.54) is 0 Å². The first-order valence-electron chi connectivity index (χ1n) is 7.75. The molecule has 0 heterocycles. The molecule has 0 amide bonds. The van der Waals surface area contributed by atoms with Crippen molar-refractivity contribution in [3.8, 4) is 11.1 Å². The van der Waals surface area contributed by atoms with Gasteiger partial charge in [0.1, 0.15) is 6.04 Å². The first-order chi connectivity index (χ1) is 11.4. The van der Waals surface area contributed by atoms with Crippen molar-refractivity contribution in [3.05, 3.63) is 59.7 Å². The Hall–Kier alpha value is -2.66. The van der Waals surface area contributed by atoms with Gasteiger partial charge in [-0.1, -0.05) is 36.4 Å². The van der Waals surface area contributed by atoms with E-state index < -0.39 is 12.0 Å². The Bertz CT molecular complexity index is 722. The van der Waals surface area contributed by atoms with E-state index >= 15 is 0 Å². The summed E-state index contributed by atoms with van der Waals surface area (Å²) in [5.41, 5.74) is 8.71. The molecule has 0 bridgehead atoms. The lowest BCUT2D eigenvalue weighted by Crippen LogP contribution is -2.32. The van der Waals surface area contributed by atoms with Gasteiger partial charge in [-0.2, -0.15) is 0 Å². The fraction of sp³-hybridized carbons (Fsp3) is 0.263. The van der Waals surface area contributed by atoms with Gasteiger partial charge in [-0.25, -0.2) is 4.79 Å². The van der Waals surface area contributed by atoms with Crippen LogP contribution in [-0.4, -0.2) is 29.2 Å². The van der Waals surface area contributed by atoms with Crippen LogP contribution in [0.5, 0.6) is 0 Å². The predicted molar refractivity (Wildman–Crippen MR) is 91.7 cm³/mol. The summed E-state index contributed by atoms with van der Waals surface area (Å²) < 4.78 is 5.20. The quantitative estimate of drug-likeness (QED) is 0.796. The van der Waals surface area contributed by atoms with E-state index in [4.69, 9.17) is 15.6 Å². The summed E-state index contributed by atoms with van der Waals surface area (Å²) in [7, 11) is 0. The highest BCUT2D eigenvalue weighted by Gasteiger charge is 2.13. The number of carboxylic acid groups (broad SMARTS) is 1. The molecule has 0 spiro atoms. The van der Waals surface area contributed by atoms with E-state index in [0.29, 0.717) is 5.56 Å². The number of rotatable bonds is 6. The van der Waals surface area contributed by atoms with Crippen LogP contribution in [0.2, 0.25) is 0 Å². The predicted octanol–water partition coefficient (Wildman–Crippen LogP) is 2.87. The molecule has 0 aliphatic heterocycles. The Labute approximate surface area is 141 Å². The lowest BCUT2D eigenvalue weighted by molar-refractivity contribution is -0.138. The Kier molecular flexibility index (Phi) is 5.71. The molecule has 0 radical (unpaired) electrons. The monoisotopic (exact) mass is 327 g/mol. The molecule has 2 rings (SSSR count). The summed E-state index contributed by atoms with van der Waals surface area (Å²) >= 11 is 0. The molecule has 0 saturated carbocycles. The summed E-state index contributed by atoms with van der Waals surface area (Å²) in [5, 5.41) is 8.85. The van der Waals surface area contributed by atoms with Crippen molar-refractivity contribution in [1.29, 1.82) is 0 Å². The molecule has 126 valence electrons. The maximum atomic E-state index is 12.0. The Balaban J connectivity index is 2.17. The van der Waals surface area contributed by atoms with E-state index in [0.717, 1.165) is 16.7 Å². The average molecular weight is 327 g/mol. The van der Waals surface area contributed by atoms with Crippen molar-refractivity contribution in [1.82, 2.24) is 0 Å².